The lowest BCUT2D eigenvalue weighted by Gasteiger charge is -2.05. The van der Waals surface area contributed by atoms with Crippen LogP contribution in [-0.2, 0) is 10.0 Å². The second-order valence-electron chi connectivity index (χ2n) is 3.88. The SMILES string of the molecule is Cc1ccc(S(=O)(=O)Nc2cccc(C#CCN)n2)s1. The van der Waals surface area contributed by atoms with E-state index in [9.17, 15) is 8.42 Å². The highest BCUT2D eigenvalue weighted by Gasteiger charge is 2.16. The van der Waals surface area contributed by atoms with Gasteiger partial charge in [0.1, 0.15) is 15.7 Å². The summed E-state index contributed by atoms with van der Waals surface area (Å²) in [7, 11) is -3.60. The molecule has 0 aliphatic heterocycles. The molecule has 0 bridgehead atoms. The second kappa shape index (κ2) is 6.05. The number of nitrogens with zero attached hydrogens (tertiary/aromatic N) is 1. The highest BCUT2D eigenvalue weighted by molar-refractivity contribution is 7.94. The fourth-order valence-corrected chi connectivity index (χ4v) is 3.73. The lowest BCUT2D eigenvalue weighted by atomic mass is 10.3. The summed E-state index contributed by atoms with van der Waals surface area (Å²) < 4.78 is 27.0. The Kier molecular flexibility index (Phi) is 4.39. The van der Waals surface area contributed by atoms with Gasteiger partial charge in [0, 0.05) is 4.88 Å². The highest BCUT2D eigenvalue weighted by atomic mass is 32.2. The molecule has 2 aromatic rings. The highest BCUT2D eigenvalue weighted by Crippen LogP contribution is 2.22. The van der Waals surface area contributed by atoms with Crippen molar-refractivity contribution < 1.29 is 8.42 Å². The Balaban J connectivity index is 2.25. The van der Waals surface area contributed by atoms with Gasteiger partial charge in [-0.25, -0.2) is 13.4 Å². The van der Waals surface area contributed by atoms with Crippen LogP contribution in [0.5, 0.6) is 0 Å². The maximum Gasteiger partial charge on any atom is 0.272 e. The Morgan fingerprint density at radius 3 is 2.80 bits per heavy atom. The Morgan fingerprint density at radius 2 is 2.15 bits per heavy atom. The molecule has 0 saturated carbocycles. The number of aryl methyl sites for hydroxylation is 1. The van der Waals surface area contributed by atoms with E-state index in [-0.39, 0.29) is 16.6 Å². The van der Waals surface area contributed by atoms with Crippen molar-refractivity contribution in [2.75, 3.05) is 11.3 Å². The third-order valence-corrected chi connectivity index (χ3v) is 5.13. The number of aromatic nitrogens is 1. The van der Waals surface area contributed by atoms with Crippen LogP contribution >= 0.6 is 11.3 Å². The largest absolute Gasteiger partial charge is 0.320 e. The lowest BCUT2D eigenvalue weighted by molar-refractivity contribution is 0.603. The zero-order chi connectivity index (χ0) is 14.6. The Hall–Kier alpha value is -1.88. The van der Waals surface area contributed by atoms with Crippen LogP contribution in [0.2, 0.25) is 0 Å². The summed E-state index contributed by atoms with van der Waals surface area (Å²) in [4.78, 5) is 5.04. The van der Waals surface area contributed by atoms with Gasteiger partial charge in [0.2, 0.25) is 0 Å². The van der Waals surface area contributed by atoms with Crippen molar-refractivity contribution >= 4 is 27.2 Å². The molecule has 7 heteroatoms. The van der Waals surface area contributed by atoms with E-state index >= 15 is 0 Å². The third kappa shape index (κ3) is 3.57. The number of anilines is 1. The molecule has 0 unspecified atom stereocenters. The molecule has 2 heterocycles. The van der Waals surface area contributed by atoms with E-state index < -0.39 is 10.0 Å². The molecular weight excluding hydrogens is 294 g/mol. The van der Waals surface area contributed by atoms with E-state index in [1.54, 1.807) is 30.3 Å². The molecule has 0 fully saturated rings. The van der Waals surface area contributed by atoms with E-state index in [0.29, 0.717) is 5.69 Å². The second-order valence-corrected chi connectivity index (χ2v) is 7.08. The molecule has 0 amide bonds. The molecule has 2 aromatic heterocycles. The molecule has 0 atom stereocenters. The van der Waals surface area contributed by atoms with Crippen molar-refractivity contribution in [3.8, 4) is 11.8 Å². The predicted octanol–water partition coefficient (Wildman–Crippen LogP) is 1.56. The average molecular weight is 307 g/mol. The quantitative estimate of drug-likeness (QED) is 0.843. The topological polar surface area (TPSA) is 85.1 Å². The van der Waals surface area contributed by atoms with Gasteiger partial charge in [0.15, 0.2) is 0 Å². The number of rotatable bonds is 3. The molecule has 104 valence electrons. The van der Waals surface area contributed by atoms with Crippen LogP contribution in [-0.4, -0.2) is 19.9 Å². The van der Waals surface area contributed by atoms with Crippen LogP contribution in [0.3, 0.4) is 0 Å². The molecule has 0 aliphatic carbocycles. The van der Waals surface area contributed by atoms with Crippen molar-refractivity contribution in [2.45, 2.75) is 11.1 Å². The van der Waals surface area contributed by atoms with Gasteiger partial charge in [-0.1, -0.05) is 12.0 Å². The Bertz CT molecular complexity index is 770. The summed E-state index contributed by atoms with van der Waals surface area (Å²) >= 11 is 1.21. The molecule has 0 aliphatic rings. The number of nitrogens with one attached hydrogen (secondary N) is 1. The molecule has 5 nitrogen and oxygen atoms in total. The predicted molar refractivity (Wildman–Crippen MR) is 80.0 cm³/mol. The number of pyridine rings is 1. The fraction of sp³-hybridized carbons (Fsp3) is 0.154. The van der Waals surface area contributed by atoms with E-state index in [2.05, 4.69) is 21.5 Å². The minimum absolute atomic E-state index is 0.228. The smallest absolute Gasteiger partial charge is 0.272 e. The van der Waals surface area contributed by atoms with Crippen LogP contribution in [0, 0.1) is 18.8 Å². The first-order chi connectivity index (χ1) is 9.51. The summed E-state index contributed by atoms with van der Waals surface area (Å²) in [6.45, 7) is 2.08. The minimum Gasteiger partial charge on any atom is -0.320 e. The zero-order valence-corrected chi connectivity index (χ0v) is 12.4. The number of sulfonamides is 1. The van der Waals surface area contributed by atoms with Crippen molar-refractivity contribution in [1.82, 2.24) is 4.98 Å². The van der Waals surface area contributed by atoms with Gasteiger partial charge in [-0.05, 0) is 37.1 Å². The number of thiophene rings is 1. The summed E-state index contributed by atoms with van der Waals surface area (Å²) in [5.74, 6) is 5.66. The standard InChI is InChI=1S/C13H13N3O2S2/c1-10-7-8-13(19-10)20(17,18)16-12-6-2-4-11(15-12)5-3-9-14/h2,4,6-8H,9,14H2,1H3,(H,15,16). The molecule has 0 spiro atoms. The number of hydrogen-bond donors (Lipinski definition) is 2. The van der Waals surface area contributed by atoms with Crippen molar-refractivity contribution in [1.29, 1.82) is 0 Å². The van der Waals surface area contributed by atoms with Crippen molar-refractivity contribution in [3.63, 3.8) is 0 Å². The Morgan fingerprint density at radius 1 is 1.35 bits per heavy atom. The van der Waals surface area contributed by atoms with Gasteiger partial charge < -0.3 is 5.73 Å². The van der Waals surface area contributed by atoms with Crippen LogP contribution in [0.1, 0.15) is 10.6 Å². The van der Waals surface area contributed by atoms with E-state index in [1.807, 2.05) is 6.92 Å². The first-order valence-electron chi connectivity index (χ1n) is 5.76. The fourth-order valence-electron chi connectivity index (χ4n) is 1.45. The van der Waals surface area contributed by atoms with Crippen molar-refractivity contribution in [3.05, 3.63) is 40.9 Å². The van der Waals surface area contributed by atoms with E-state index in [4.69, 9.17) is 5.73 Å². The van der Waals surface area contributed by atoms with Gasteiger partial charge in [0.05, 0.1) is 6.54 Å². The van der Waals surface area contributed by atoms with E-state index in [0.717, 1.165) is 4.88 Å². The van der Waals surface area contributed by atoms with Crippen LogP contribution < -0.4 is 10.5 Å². The maximum absolute atomic E-state index is 12.1. The molecule has 3 N–H and O–H groups in total. The first kappa shape index (κ1) is 14.5. The molecule has 0 saturated heterocycles. The van der Waals surface area contributed by atoms with Gasteiger partial charge >= 0.3 is 0 Å². The number of nitrogens with two attached hydrogens (primary N) is 1. The average Bonchev–Trinajstić information content (AvgIpc) is 2.84. The van der Waals surface area contributed by atoms with Crippen molar-refractivity contribution in [2.24, 2.45) is 5.73 Å². The van der Waals surface area contributed by atoms with Gasteiger partial charge in [-0.3, -0.25) is 4.72 Å². The first-order valence-corrected chi connectivity index (χ1v) is 8.06. The summed E-state index contributed by atoms with van der Waals surface area (Å²) in [5, 5.41) is 0. The summed E-state index contributed by atoms with van der Waals surface area (Å²) in [5.41, 5.74) is 5.75. The molecule has 0 aromatic carbocycles. The van der Waals surface area contributed by atoms with Crippen LogP contribution in [0.15, 0.2) is 34.5 Å². The van der Waals surface area contributed by atoms with Crippen LogP contribution in [0.4, 0.5) is 5.82 Å². The molecular formula is C13H13N3O2S2. The zero-order valence-electron chi connectivity index (χ0n) is 10.8. The molecule has 20 heavy (non-hydrogen) atoms. The lowest BCUT2D eigenvalue weighted by Crippen LogP contribution is -2.12. The van der Waals surface area contributed by atoms with Gasteiger partial charge in [-0.2, -0.15) is 0 Å². The number of hydrogen-bond acceptors (Lipinski definition) is 5. The monoisotopic (exact) mass is 307 g/mol. The summed E-state index contributed by atoms with van der Waals surface area (Å²) in [6, 6.07) is 8.28. The third-order valence-electron chi connectivity index (χ3n) is 2.29. The van der Waals surface area contributed by atoms with Gasteiger partial charge in [0.25, 0.3) is 10.0 Å². The van der Waals surface area contributed by atoms with Crippen LogP contribution in [0.25, 0.3) is 0 Å². The summed E-state index contributed by atoms with van der Waals surface area (Å²) in [6.07, 6.45) is 0. The minimum atomic E-state index is -3.60. The molecule has 0 radical (unpaired) electrons. The van der Waals surface area contributed by atoms with E-state index in [1.165, 1.54) is 11.3 Å². The maximum atomic E-state index is 12.1. The normalized spacial score (nSPS) is 10.7. The van der Waals surface area contributed by atoms with Gasteiger partial charge in [-0.15, -0.1) is 11.3 Å². The molecule has 2 rings (SSSR count). The Labute approximate surface area is 121 Å².